The van der Waals surface area contributed by atoms with Crippen LogP contribution in [-0.2, 0) is 0 Å². The van der Waals surface area contributed by atoms with Crippen LogP contribution in [0.15, 0.2) is 59.1 Å². The summed E-state index contributed by atoms with van der Waals surface area (Å²) in [7, 11) is 0. The fourth-order valence-electron chi connectivity index (χ4n) is 2.02. The molecule has 0 unspecified atom stereocenters. The number of ether oxygens (including phenoxy) is 1. The number of hydrogen-bond acceptors (Lipinski definition) is 4. The molecule has 2 aromatic carbocycles. The molecule has 0 aliphatic carbocycles. The van der Waals surface area contributed by atoms with Gasteiger partial charge in [0, 0.05) is 5.56 Å². The monoisotopic (exact) mass is 368 g/mol. The molecule has 0 saturated carbocycles. The minimum Gasteiger partial charge on any atom is -0.493 e. The molecule has 0 spiro atoms. The first-order valence-corrected chi connectivity index (χ1v) is 9.91. The second-order valence-corrected chi connectivity index (χ2v) is 5.63. The van der Waals surface area contributed by atoms with E-state index >= 15 is 0 Å². The van der Waals surface area contributed by atoms with Gasteiger partial charge in [-0.1, -0.05) is 82.9 Å². The summed E-state index contributed by atoms with van der Waals surface area (Å²) < 4.78 is 11.1. The second kappa shape index (κ2) is 13.6. The third kappa shape index (κ3) is 7.26. The van der Waals surface area contributed by atoms with E-state index in [0.717, 1.165) is 23.3 Å². The number of benzene rings is 2. The van der Waals surface area contributed by atoms with Gasteiger partial charge < -0.3 is 9.26 Å². The summed E-state index contributed by atoms with van der Waals surface area (Å²) in [6, 6.07) is 17.4. The van der Waals surface area contributed by atoms with E-state index in [2.05, 4.69) is 30.9 Å². The van der Waals surface area contributed by atoms with Crippen LogP contribution in [0, 0.1) is 0 Å². The molecule has 1 aromatic heterocycles. The van der Waals surface area contributed by atoms with Crippen molar-refractivity contribution in [3.05, 3.63) is 54.6 Å². The van der Waals surface area contributed by atoms with Crippen molar-refractivity contribution in [1.29, 1.82) is 0 Å². The van der Waals surface area contributed by atoms with E-state index in [9.17, 15) is 0 Å². The van der Waals surface area contributed by atoms with Crippen LogP contribution in [0.5, 0.6) is 5.75 Å². The SMILES string of the molecule is CC.CCCC.CCCOc1ccccc1-c1noc(-c2ccccc2)n1. The number of nitrogens with zero attached hydrogens (tertiary/aromatic N) is 2. The van der Waals surface area contributed by atoms with Gasteiger partial charge in [-0.15, -0.1) is 0 Å². The minimum absolute atomic E-state index is 0.510. The van der Waals surface area contributed by atoms with Gasteiger partial charge in [0.15, 0.2) is 0 Å². The molecule has 0 aliphatic heterocycles. The molecule has 146 valence electrons. The first-order chi connectivity index (χ1) is 13.3. The Hall–Kier alpha value is -2.62. The Balaban J connectivity index is 0.000000541. The van der Waals surface area contributed by atoms with Crippen LogP contribution in [0.2, 0.25) is 0 Å². The maximum Gasteiger partial charge on any atom is 0.258 e. The third-order valence-electron chi connectivity index (χ3n) is 3.54. The lowest BCUT2D eigenvalue weighted by Crippen LogP contribution is -1.97. The van der Waals surface area contributed by atoms with E-state index in [1.807, 2.05) is 68.4 Å². The molecule has 0 atom stereocenters. The first kappa shape index (κ1) is 22.4. The summed E-state index contributed by atoms with van der Waals surface area (Å²) in [6.07, 6.45) is 3.59. The van der Waals surface area contributed by atoms with Crippen molar-refractivity contribution in [2.24, 2.45) is 0 Å². The molecule has 3 aromatic rings. The van der Waals surface area contributed by atoms with Gasteiger partial charge in [-0.25, -0.2) is 0 Å². The van der Waals surface area contributed by atoms with Crippen LogP contribution in [0.1, 0.15) is 53.9 Å². The first-order valence-electron chi connectivity index (χ1n) is 9.91. The summed E-state index contributed by atoms with van der Waals surface area (Å²) in [5.41, 5.74) is 1.75. The molecule has 27 heavy (non-hydrogen) atoms. The molecule has 4 nitrogen and oxygen atoms in total. The van der Waals surface area contributed by atoms with Crippen LogP contribution in [0.3, 0.4) is 0 Å². The Morgan fingerprint density at radius 2 is 1.44 bits per heavy atom. The van der Waals surface area contributed by atoms with E-state index in [1.54, 1.807) is 0 Å². The fourth-order valence-corrected chi connectivity index (χ4v) is 2.02. The summed E-state index contributed by atoms with van der Waals surface area (Å²) >= 11 is 0. The lowest BCUT2D eigenvalue weighted by molar-refractivity contribution is 0.318. The average molecular weight is 369 g/mol. The standard InChI is InChI=1S/C17H16N2O2.C4H10.C2H6/c1-2-12-20-15-11-7-6-10-14(15)16-18-17(21-19-16)13-8-4-3-5-9-13;1-3-4-2;1-2/h3-11H,2,12H2,1H3;3-4H2,1-2H3;1-2H3. The third-order valence-corrected chi connectivity index (χ3v) is 3.54. The number of unbranched alkanes of at least 4 members (excludes halogenated alkanes) is 1. The van der Waals surface area contributed by atoms with Gasteiger partial charge in [0.05, 0.1) is 12.2 Å². The Bertz CT molecular complexity index is 737. The van der Waals surface area contributed by atoms with Gasteiger partial charge >= 0.3 is 0 Å². The molecular formula is C23H32N2O2. The van der Waals surface area contributed by atoms with Gasteiger partial charge in [-0.3, -0.25) is 0 Å². The van der Waals surface area contributed by atoms with E-state index in [0.29, 0.717) is 18.3 Å². The summed E-state index contributed by atoms with van der Waals surface area (Å²) in [5.74, 6) is 1.83. The van der Waals surface area contributed by atoms with Crippen LogP contribution >= 0.6 is 0 Å². The molecule has 0 bridgehead atoms. The molecular weight excluding hydrogens is 336 g/mol. The molecule has 0 radical (unpaired) electrons. The fraction of sp³-hybridized carbons (Fsp3) is 0.391. The molecule has 4 heteroatoms. The van der Waals surface area contributed by atoms with E-state index in [1.165, 1.54) is 12.8 Å². The zero-order chi connectivity index (χ0) is 19.9. The van der Waals surface area contributed by atoms with Crippen LogP contribution < -0.4 is 4.74 Å². The van der Waals surface area contributed by atoms with Crippen molar-refractivity contribution < 1.29 is 9.26 Å². The lowest BCUT2D eigenvalue weighted by atomic mass is 10.2. The number of rotatable bonds is 6. The van der Waals surface area contributed by atoms with Gasteiger partial charge in [-0.2, -0.15) is 4.98 Å². The van der Waals surface area contributed by atoms with Gasteiger partial charge in [-0.05, 0) is 30.7 Å². The van der Waals surface area contributed by atoms with Crippen LogP contribution in [0.4, 0.5) is 0 Å². The maximum absolute atomic E-state index is 5.73. The Morgan fingerprint density at radius 1 is 0.815 bits per heavy atom. The Labute approximate surface area is 163 Å². The molecule has 0 aliphatic rings. The minimum atomic E-state index is 0.510. The maximum atomic E-state index is 5.73. The normalized spacial score (nSPS) is 9.52. The van der Waals surface area contributed by atoms with Crippen molar-refractivity contribution >= 4 is 0 Å². The van der Waals surface area contributed by atoms with Crippen LogP contribution in [0.25, 0.3) is 22.8 Å². The predicted molar refractivity (Wildman–Crippen MR) is 113 cm³/mol. The topological polar surface area (TPSA) is 48.2 Å². The summed E-state index contributed by atoms with van der Waals surface area (Å²) in [6.45, 7) is 11.1. The van der Waals surface area contributed by atoms with Crippen molar-refractivity contribution in [3.8, 4) is 28.6 Å². The van der Waals surface area contributed by atoms with Crippen LogP contribution in [-0.4, -0.2) is 16.7 Å². The zero-order valence-corrected chi connectivity index (χ0v) is 17.2. The highest BCUT2D eigenvalue weighted by atomic mass is 16.5. The molecule has 0 saturated heterocycles. The number of para-hydroxylation sites is 1. The average Bonchev–Trinajstić information content (AvgIpc) is 3.25. The van der Waals surface area contributed by atoms with E-state index in [4.69, 9.17) is 9.26 Å². The lowest BCUT2D eigenvalue weighted by Gasteiger charge is -2.07. The highest BCUT2D eigenvalue weighted by Crippen LogP contribution is 2.29. The van der Waals surface area contributed by atoms with E-state index in [-0.39, 0.29) is 0 Å². The number of hydrogen-bond donors (Lipinski definition) is 0. The quantitative estimate of drug-likeness (QED) is 0.469. The second-order valence-electron chi connectivity index (χ2n) is 5.63. The molecule has 1 heterocycles. The predicted octanol–water partition coefficient (Wildman–Crippen LogP) is 7.03. The van der Waals surface area contributed by atoms with Crippen molar-refractivity contribution in [3.63, 3.8) is 0 Å². The van der Waals surface area contributed by atoms with Gasteiger partial charge in [0.2, 0.25) is 5.82 Å². The molecule has 0 fully saturated rings. The Morgan fingerprint density at radius 3 is 2.07 bits per heavy atom. The zero-order valence-electron chi connectivity index (χ0n) is 17.2. The number of aromatic nitrogens is 2. The highest BCUT2D eigenvalue weighted by molar-refractivity contribution is 5.65. The van der Waals surface area contributed by atoms with Crippen molar-refractivity contribution in [1.82, 2.24) is 10.1 Å². The highest BCUT2D eigenvalue weighted by Gasteiger charge is 2.14. The summed E-state index contributed by atoms with van der Waals surface area (Å²) in [4.78, 5) is 4.46. The molecule has 0 N–H and O–H groups in total. The van der Waals surface area contributed by atoms with Gasteiger partial charge in [0.1, 0.15) is 5.75 Å². The van der Waals surface area contributed by atoms with E-state index < -0.39 is 0 Å². The van der Waals surface area contributed by atoms with Gasteiger partial charge in [0.25, 0.3) is 5.89 Å². The van der Waals surface area contributed by atoms with Crippen molar-refractivity contribution in [2.45, 2.75) is 53.9 Å². The molecule has 3 rings (SSSR count). The summed E-state index contributed by atoms with van der Waals surface area (Å²) in [5, 5.41) is 4.07. The Kier molecular flexibility index (Phi) is 11.3. The van der Waals surface area contributed by atoms with Crippen molar-refractivity contribution in [2.75, 3.05) is 6.61 Å². The molecule has 0 amide bonds. The largest absolute Gasteiger partial charge is 0.493 e. The smallest absolute Gasteiger partial charge is 0.258 e.